The number of hydrogen-bond acceptors (Lipinski definition) is 5. The molecule has 1 aliphatic rings. The van der Waals surface area contributed by atoms with Gasteiger partial charge in [0.2, 0.25) is 0 Å². The van der Waals surface area contributed by atoms with E-state index in [-0.39, 0.29) is 23.6 Å². The van der Waals surface area contributed by atoms with Gasteiger partial charge in [0, 0.05) is 12.1 Å². The number of nitrogens with one attached hydrogen (secondary N) is 1. The van der Waals surface area contributed by atoms with Gasteiger partial charge in [0.1, 0.15) is 5.54 Å². The van der Waals surface area contributed by atoms with Gasteiger partial charge in [-0.3, -0.25) is 9.69 Å². The van der Waals surface area contributed by atoms with Gasteiger partial charge in [-0.2, -0.15) is 0 Å². The molecule has 0 aromatic rings. The summed E-state index contributed by atoms with van der Waals surface area (Å²) in [5.74, 6) is -0.463. The van der Waals surface area contributed by atoms with Gasteiger partial charge in [-0.25, -0.2) is 8.42 Å². The minimum atomic E-state index is -2.92. The summed E-state index contributed by atoms with van der Waals surface area (Å²) in [6.07, 6.45) is 1.07. The zero-order valence-electron chi connectivity index (χ0n) is 12.7. The molecule has 20 heavy (non-hydrogen) atoms. The van der Waals surface area contributed by atoms with E-state index in [0.29, 0.717) is 19.4 Å². The Morgan fingerprint density at radius 1 is 1.55 bits per heavy atom. The third kappa shape index (κ3) is 4.17. The Labute approximate surface area is 121 Å². The van der Waals surface area contributed by atoms with Crippen molar-refractivity contribution in [3.8, 4) is 0 Å². The van der Waals surface area contributed by atoms with Crippen molar-refractivity contribution < 1.29 is 18.3 Å². The Kier molecular flexibility index (Phi) is 5.57. The van der Waals surface area contributed by atoms with Crippen LogP contribution in [0.15, 0.2) is 0 Å². The number of aliphatic carboxylic acids is 1. The van der Waals surface area contributed by atoms with Gasteiger partial charge in [0.05, 0.1) is 11.5 Å². The molecule has 0 spiro atoms. The highest BCUT2D eigenvalue weighted by molar-refractivity contribution is 7.91. The molecular formula is C13H26N2O4S. The quantitative estimate of drug-likeness (QED) is 0.705. The fourth-order valence-corrected chi connectivity index (χ4v) is 4.60. The molecule has 118 valence electrons. The Balaban J connectivity index is 2.69. The Morgan fingerprint density at radius 3 is 2.55 bits per heavy atom. The number of carboxylic acid groups (broad SMARTS) is 1. The van der Waals surface area contributed by atoms with Crippen molar-refractivity contribution >= 4 is 15.8 Å². The monoisotopic (exact) mass is 306 g/mol. The number of hydrogen-bond donors (Lipinski definition) is 2. The summed E-state index contributed by atoms with van der Waals surface area (Å²) in [5, 5.41) is 12.4. The van der Waals surface area contributed by atoms with E-state index >= 15 is 0 Å². The number of sulfone groups is 1. The lowest BCUT2D eigenvalue weighted by molar-refractivity contribution is -0.145. The SMILES string of the molecule is CCNC(C)(CC(C)N(C)C1CCS(=O)(=O)C1)C(=O)O. The van der Waals surface area contributed by atoms with Crippen LogP contribution >= 0.6 is 0 Å². The molecule has 0 saturated carbocycles. The molecule has 0 amide bonds. The van der Waals surface area contributed by atoms with E-state index in [1.807, 2.05) is 25.8 Å². The minimum absolute atomic E-state index is 0.00493. The summed E-state index contributed by atoms with van der Waals surface area (Å²) in [7, 11) is -1.04. The highest BCUT2D eigenvalue weighted by atomic mass is 32.2. The Morgan fingerprint density at radius 2 is 2.15 bits per heavy atom. The molecule has 1 saturated heterocycles. The molecule has 1 aliphatic heterocycles. The van der Waals surface area contributed by atoms with Gasteiger partial charge in [-0.15, -0.1) is 0 Å². The lowest BCUT2D eigenvalue weighted by Crippen LogP contribution is -2.54. The topological polar surface area (TPSA) is 86.7 Å². The van der Waals surface area contributed by atoms with Crippen LogP contribution in [-0.2, 0) is 14.6 Å². The zero-order chi connectivity index (χ0) is 15.6. The summed E-state index contributed by atoms with van der Waals surface area (Å²) < 4.78 is 23.1. The van der Waals surface area contributed by atoms with Crippen LogP contribution in [0.5, 0.6) is 0 Å². The van der Waals surface area contributed by atoms with E-state index in [2.05, 4.69) is 5.32 Å². The van der Waals surface area contributed by atoms with Gasteiger partial charge >= 0.3 is 5.97 Å². The molecule has 1 heterocycles. The maximum atomic E-state index is 11.5. The predicted molar refractivity (Wildman–Crippen MR) is 78.6 cm³/mol. The molecule has 2 N–H and O–H groups in total. The first kappa shape index (κ1) is 17.4. The number of likely N-dealkylation sites (N-methyl/N-ethyl adjacent to an activating group) is 1. The molecule has 0 aromatic carbocycles. The summed E-state index contributed by atoms with van der Waals surface area (Å²) in [6.45, 7) is 6.08. The number of carboxylic acids is 1. The van der Waals surface area contributed by atoms with Gasteiger partial charge in [0.15, 0.2) is 9.84 Å². The van der Waals surface area contributed by atoms with Crippen LogP contribution in [0.2, 0.25) is 0 Å². The van der Waals surface area contributed by atoms with E-state index in [1.165, 1.54) is 0 Å². The van der Waals surface area contributed by atoms with Crippen LogP contribution in [0.4, 0.5) is 0 Å². The van der Waals surface area contributed by atoms with Crippen LogP contribution in [-0.4, -0.2) is 67.1 Å². The van der Waals surface area contributed by atoms with Crippen LogP contribution in [0.1, 0.15) is 33.6 Å². The predicted octanol–water partition coefficient (Wildman–Crippen LogP) is 0.337. The lowest BCUT2D eigenvalue weighted by Gasteiger charge is -2.35. The van der Waals surface area contributed by atoms with Crippen LogP contribution in [0, 0.1) is 0 Å². The normalized spacial score (nSPS) is 26.4. The van der Waals surface area contributed by atoms with Crippen LogP contribution in [0.3, 0.4) is 0 Å². The van der Waals surface area contributed by atoms with Gasteiger partial charge in [-0.1, -0.05) is 6.92 Å². The first-order valence-electron chi connectivity index (χ1n) is 7.02. The third-order valence-electron chi connectivity index (χ3n) is 4.22. The largest absolute Gasteiger partial charge is 0.480 e. The van der Waals surface area contributed by atoms with Crippen molar-refractivity contribution in [1.29, 1.82) is 0 Å². The maximum Gasteiger partial charge on any atom is 0.323 e. The second-order valence-electron chi connectivity index (χ2n) is 5.94. The van der Waals surface area contributed by atoms with E-state index in [9.17, 15) is 18.3 Å². The molecule has 7 heteroatoms. The maximum absolute atomic E-state index is 11.5. The van der Waals surface area contributed by atoms with Crippen molar-refractivity contribution in [3.63, 3.8) is 0 Å². The number of rotatable bonds is 7. The van der Waals surface area contributed by atoms with Crippen molar-refractivity contribution in [2.75, 3.05) is 25.1 Å². The van der Waals surface area contributed by atoms with Crippen LogP contribution in [0.25, 0.3) is 0 Å². The molecule has 0 aliphatic carbocycles. The fourth-order valence-electron chi connectivity index (χ4n) is 2.82. The fraction of sp³-hybridized carbons (Fsp3) is 0.923. The summed E-state index contributed by atoms with van der Waals surface area (Å²) in [6, 6.07) is -0.0110. The van der Waals surface area contributed by atoms with E-state index in [0.717, 1.165) is 0 Å². The Hall–Kier alpha value is -0.660. The van der Waals surface area contributed by atoms with E-state index < -0.39 is 21.3 Å². The molecular weight excluding hydrogens is 280 g/mol. The number of carbonyl (C=O) groups is 1. The molecule has 0 radical (unpaired) electrons. The second-order valence-corrected chi connectivity index (χ2v) is 8.17. The molecule has 3 unspecified atom stereocenters. The second kappa shape index (κ2) is 6.41. The lowest BCUT2D eigenvalue weighted by atomic mass is 9.92. The molecule has 1 fully saturated rings. The molecule has 3 atom stereocenters. The van der Waals surface area contributed by atoms with Crippen molar-refractivity contribution in [3.05, 3.63) is 0 Å². The van der Waals surface area contributed by atoms with Crippen molar-refractivity contribution in [2.45, 2.75) is 51.2 Å². The van der Waals surface area contributed by atoms with Gasteiger partial charge in [0.25, 0.3) is 0 Å². The summed E-state index contributed by atoms with van der Waals surface area (Å²) >= 11 is 0. The molecule has 6 nitrogen and oxygen atoms in total. The van der Waals surface area contributed by atoms with Crippen molar-refractivity contribution in [2.24, 2.45) is 0 Å². The van der Waals surface area contributed by atoms with Gasteiger partial charge < -0.3 is 10.4 Å². The number of nitrogens with zero attached hydrogens (tertiary/aromatic N) is 1. The van der Waals surface area contributed by atoms with Gasteiger partial charge in [-0.05, 0) is 40.3 Å². The first-order valence-corrected chi connectivity index (χ1v) is 8.84. The molecule has 1 rings (SSSR count). The first-order chi connectivity index (χ1) is 9.11. The highest BCUT2D eigenvalue weighted by Gasteiger charge is 2.38. The Bertz CT molecular complexity index is 451. The summed E-state index contributed by atoms with van der Waals surface area (Å²) in [4.78, 5) is 13.4. The smallest absolute Gasteiger partial charge is 0.323 e. The average molecular weight is 306 g/mol. The van der Waals surface area contributed by atoms with E-state index in [4.69, 9.17) is 0 Å². The third-order valence-corrected chi connectivity index (χ3v) is 5.97. The summed E-state index contributed by atoms with van der Waals surface area (Å²) in [5.41, 5.74) is -0.986. The molecule has 0 bridgehead atoms. The zero-order valence-corrected chi connectivity index (χ0v) is 13.5. The average Bonchev–Trinajstić information content (AvgIpc) is 2.68. The highest BCUT2D eigenvalue weighted by Crippen LogP contribution is 2.22. The standard InChI is InChI=1S/C13H26N2O4S/c1-5-14-13(3,12(16)17)8-10(2)15(4)11-6-7-20(18,19)9-11/h10-11,14H,5-9H2,1-4H3,(H,16,17). The minimum Gasteiger partial charge on any atom is -0.480 e. The molecule has 0 aromatic heterocycles. The van der Waals surface area contributed by atoms with E-state index in [1.54, 1.807) is 6.92 Å². The van der Waals surface area contributed by atoms with Crippen LogP contribution < -0.4 is 5.32 Å². The van der Waals surface area contributed by atoms with Crippen molar-refractivity contribution in [1.82, 2.24) is 10.2 Å².